The lowest BCUT2D eigenvalue weighted by atomic mass is 10.1. The zero-order valence-corrected chi connectivity index (χ0v) is 8.51. The molecule has 1 aromatic carbocycles. The number of rotatable bonds is 3. The summed E-state index contributed by atoms with van der Waals surface area (Å²) in [4.78, 5) is 0. The maximum absolute atomic E-state index is 8.79. The summed E-state index contributed by atoms with van der Waals surface area (Å²) in [5, 5.41) is 8.79. The predicted molar refractivity (Wildman–Crippen MR) is 52.1 cm³/mol. The fourth-order valence-electron chi connectivity index (χ4n) is 1.10. The lowest BCUT2D eigenvalue weighted by Gasteiger charge is -2.12. The van der Waals surface area contributed by atoms with Crippen LogP contribution in [0.15, 0.2) is 28.7 Å². The molecule has 1 unspecified atom stereocenters. The van der Waals surface area contributed by atoms with Crippen molar-refractivity contribution in [3.8, 4) is 0 Å². The molecule has 0 aliphatic carbocycles. The van der Waals surface area contributed by atoms with Crippen molar-refractivity contribution in [3.63, 3.8) is 0 Å². The Bertz CT molecular complexity index is 231. The van der Waals surface area contributed by atoms with Crippen LogP contribution in [-0.2, 0) is 0 Å². The summed E-state index contributed by atoms with van der Waals surface area (Å²) < 4.78 is 1.05. The van der Waals surface area contributed by atoms with E-state index >= 15 is 0 Å². The summed E-state index contributed by atoms with van der Waals surface area (Å²) in [5.74, 6) is 0. The van der Waals surface area contributed by atoms with Gasteiger partial charge in [-0.15, -0.1) is 0 Å². The molecule has 3 heteroatoms. The van der Waals surface area contributed by atoms with E-state index in [1.807, 2.05) is 31.2 Å². The first-order valence-electron chi connectivity index (χ1n) is 3.93. The minimum atomic E-state index is 0.0399. The summed E-state index contributed by atoms with van der Waals surface area (Å²) >= 11 is 3.36. The zero-order valence-electron chi connectivity index (χ0n) is 6.92. The van der Waals surface area contributed by atoms with Crippen LogP contribution in [0.5, 0.6) is 0 Å². The van der Waals surface area contributed by atoms with Crippen LogP contribution in [0.25, 0.3) is 0 Å². The maximum Gasteiger partial charge on any atom is 0.0566 e. The molecule has 0 aliphatic heterocycles. The van der Waals surface area contributed by atoms with Crippen LogP contribution >= 0.6 is 15.9 Å². The van der Waals surface area contributed by atoms with Gasteiger partial charge in [0.15, 0.2) is 0 Å². The molecule has 0 heterocycles. The first-order chi connectivity index (χ1) is 5.77. The van der Waals surface area contributed by atoms with E-state index in [4.69, 9.17) is 5.21 Å². The SMILES string of the molecule is CCC(NO)c1ccc(Br)cc1. The number of hydrogen-bond acceptors (Lipinski definition) is 2. The van der Waals surface area contributed by atoms with E-state index in [1.54, 1.807) is 0 Å². The van der Waals surface area contributed by atoms with Crippen molar-refractivity contribution in [1.82, 2.24) is 5.48 Å². The highest BCUT2D eigenvalue weighted by Gasteiger charge is 2.05. The fourth-order valence-corrected chi connectivity index (χ4v) is 1.36. The third kappa shape index (κ3) is 2.30. The molecule has 0 spiro atoms. The third-order valence-corrected chi connectivity index (χ3v) is 2.37. The molecule has 1 atom stereocenters. The van der Waals surface area contributed by atoms with Gasteiger partial charge in [0.1, 0.15) is 0 Å². The predicted octanol–water partition coefficient (Wildman–Crippen LogP) is 2.88. The highest BCUT2D eigenvalue weighted by molar-refractivity contribution is 9.10. The Labute approximate surface area is 80.7 Å². The normalized spacial score (nSPS) is 12.9. The molecule has 0 bridgehead atoms. The van der Waals surface area contributed by atoms with Crippen molar-refractivity contribution in [1.29, 1.82) is 0 Å². The fraction of sp³-hybridized carbons (Fsp3) is 0.333. The average Bonchev–Trinajstić information content (AvgIpc) is 2.10. The molecule has 66 valence electrons. The van der Waals surface area contributed by atoms with Gasteiger partial charge in [0.25, 0.3) is 0 Å². The van der Waals surface area contributed by atoms with Gasteiger partial charge in [-0.05, 0) is 24.1 Å². The number of halogens is 1. The molecule has 0 aromatic heterocycles. The quantitative estimate of drug-likeness (QED) is 0.782. The molecule has 0 saturated carbocycles. The van der Waals surface area contributed by atoms with Crippen LogP contribution in [-0.4, -0.2) is 5.21 Å². The summed E-state index contributed by atoms with van der Waals surface area (Å²) in [5.41, 5.74) is 3.37. The Balaban J connectivity index is 2.80. The second kappa shape index (κ2) is 4.60. The van der Waals surface area contributed by atoms with Crippen molar-refractivity contribution in [2.75, 3.05) is 0 Å². The van der Waals surface area contributed by atoms with E-state index in [0.29, 0.717) is 0 Å². The van der Waals surface area contributed by atoms with Crippen LogP contribution in [0.1, 0.15) is 24.9 Å². The van der Waals surface area contributed by atoms with Crippen LogP contribution in [0.4, 0.5) is 0 Å². The Morgan fingerprint density at radius 3 is 2.42 bits per heavy atom. The van der Waals surface area contributed by atoms with Gasteiger partial charge in [0, 0.05) is 4.47 Å². The van der Waals surface area contributed by atoms with Gasteiger partial charge in [-0.2, -0.15) is 5.48 Å². The van der Waals surface area contributed by atoms with Crippen molar-refractivity contribution >= 4 is 15.9 Å². The number of hydroxylamine groups is 1. The highest BCUT2D eigenvalue weighted by atomic mass is 79.9. The number of hydrogen-bond donors (Lipinski definition) is 2. The van der Waals surface area contributed by atoms with E-state index in [0.717, 1.165) is 16.5 Å². The first-order valence-corrected chi connectivity index (χ1v) is 4.72. The standard InChI is InChI=1S/C9H12BrNO/c1-2-9(11-12)7-3-5-8(10)6-4-7/h3-6,9,11-12H,2H2,1H3. The smallest absolute Gasteiger partial charge is 0.0566 e. The summed E-state index contributed by atoms with van der Waals surface area (Å²) in [7, 11) is 0. The molecule has 1 aromatic rings. The lowest BCUT2D eigenvalue weighted by Crippen LogP contribution is -2.15. The van der Waals surface area contributed by atoms with Gasteiger partial charge in [-0.3, -0.25) is 0 Å². The first kappa shape index (κ1) is 9.71. The van der Waals surface area contributed by atoms with Crippen LogP contribution in [0.2, 0.25) is 0 Å². The minimum Gasteiger partial charge on any atom is -0.316 e. The molecule has 2 nitrogen and oxygen atoms in total. The van der Waals surface area contributed by atoms with Crippen molar-refractivity contribution < 1.29 is 5.21 Å². The van der Waals surface area contributed by atoms with Gasteiger partial charge in [0.05, 0.1) is 6.04 Å². The average molecular weight is 230 g/mol. The molecule has 2 N–H and O–H groups in total. The van der Waals surface area contributed by atoms with E-state index < -0.39 is 0 Å². The summed E-state index contributed by atoms with van der Waals surface area (Å²) in [6, 6.07) is 7.95. The molecule has 0 radical (unpaired) electrons. The second-order valence-corrected chi connectivity index (χ2v) is 3.56. The molecular formula is C9H12BrNO. The summed E-state index contributed by atoms with van der Waals surface area (Å²) in [6.45, 7) is 2.02. The zero-order chi connectivity index (χ0) is 8.97. The van der Waals surface area contributed by atoms with Gasteiger partial charge < -0.3 is 5.21 Å². The molecule has 12 heavy (non-hydrogen) atoms. The Hall–Kier alpha value is -0.380. The number of benzene rings is 1. The van der Waals surface area contributed by atoms with Gasteiger partial charge in [-0.1, -0.05) is 35.0 Å². The minimum absolute atomic E-state index is 0.0399. The van der Waals surface area contributed by atoms with Crippen molar-refractivity contribution in [2.24, 2.45) is 0 Å². The summed E-state index contributed by atoms with van der Waals surface area (Å²) in [6.07, 6.45) is 0.873. The van der Waals surface area contributed by atoms with Gasteiger partial charge >= 0.3 is 0 Å². The topological polar surface area (TPSA) is 32.3 Å². The Kier molecular flexibility index (Phi) is 3.72. The van der Waals surface area contributed by atoms with E-state index in [2.05, 4.69) is 21.4 Å². The molecule has 1 rings (SSSR count). The van der Waals surface area contributed by atoms with E-state index in [-0.39, 0.29) is 6.04 Å². The van der Waals surface area contributed by atoms with Crippen LogP contribution in [0, 0.1) is 0 Å². The Morgan fingerprint density at radius 1 is 1.42 bits per heavy atom. The van der Waals surface area contributed by atoms with E-state index in [1.165, 1.54) is 0 Å². The largest absolute Gasteiger partial charge is 0.316 e. The Morgan fingerprint density at radius 2 is 2.00 bits per heavy atom. The molecule has 0 fully saturated rings. The molecular weight excluding hydrogens is 218 g/mol. The second-order valence-electron chi connectivity index (χ2n) is 2.64. The van der Waals surface area contributed by atoms with Crippen LogP contribution in [0.3, 0.4) is 0 Å². The number of nitrogens with one attached hydrogen (secondary N) is 1. The monoisotopic (exact) mass is 229 g/mol. The molecule has 0 aliphatic rings. The van der Waals surface area contributed by atoms with Crippen molar-refractivity contribution in [2.45, 2.75) is 19.4 Å². The van der Waals surface area contributed by atoms with Gasteiger partial charge in [-0.25, -0.2) is 0 Å². The lowest BCUT2D eigenvalue weighted by molar-refractivity contribution is 0.124. The van der Waals surface area contributed by atoms with Crippen molar-refractivity contribution in [3.05, 3.63) is 34.3 Å². The van der Waals surface area contributed by atoms with Gasteiger partial charge in [0.2, 0.25) is 0 Å². The third-order valence-electron chi connectivity index (χ3n) is 1.84. The molecule has 0 saturated heterocycles. The highest BCUT2D eigenvalue weighted by Crippen LogP contribution is 2.18. The maximum atomic E-state index is 8.79. The molecule has 0 amide bonds. The van der Waals surface area contributed by atoms with E-state index in [9.17, 15) is 0 Å². The van der Waals surface area contributed by atoms with Crippen LogP contribution < -0.4 is 5.48 Å².